The lowest BCUT2D eigenvalue weighted by atomic mass is 10.3. The van der Waals surface area contributed by atoms with E-state index in [1.165, 1.54) is 0 Å². The molecule has 16 heavy (non-hydrogen) atoms. The fraction of sp³-hybridized carbons (Fsp3) is 0.273. The molecular weight excluding hydrogens is 224 g/mol. The van der Waals surface area contributed by atoms with Crippen LogP contribution in [-0.2, 0) is 6.54 Å². The van der Waals surface area contributed by atoms with Crippen LogP contribution < -0.4 is 5.73 Å². The van der Waals surface area contributed by atoms with Crippen LogP contribution in [0.25, 0.3) is 5.82 Å². The minimum absolute atomic E-state index is 0.435. The number of aryl methyl sites for hydroxylation is 2. The molecule has 0 radical (unpaired) electrons. The molecule has 0 unspecified atom stereocenters. The van der Waals surface area contributed by atoms with Crippen molar-refractivity contribution >= 4 is 11.6 Å². The molecule has 0 aliphatic heterocycles. The molecule has 0 amide bonds. The van der Waals surface area contributed by atoms with Crippen molar-refractivity contribution in [3.8, 4) is 5.82 Å². The van der Waals surface area contributed by atoms with Crippen LogP contribution in [0.4, 0.5) is 0 Å². The van der Waals surface area contributed by atoms with Gasteiger partial charge in [0.15, 0.2) is 5.82 Å². The minimum Gasteiger partial charge on any atom is -0.326 e. The lowest BCUT2D eigenvalue weighted by molar-refractivity contribution is 0.803. The molecule has 5 heteroatoms. The van der Waals surface area contributed by atoms with Crippen LogP contribution in [0, 0.1) is 13.8 Å². The zero-order chi connectivity index (χ0) is 11.7. The van der Waals surface area contributed by atoms with Gasteiger partial charge in [0.1, 0.15) is 0 Å². The second-order valence-corrected chi connectivity index (χ2v) is 4.10. The zero-order valence-corrected chi connectivity index (χ0v) is 9.99. The van der Waals surface area contributed by atoms with Gasteiger partial charge in [-0.1, -0.05) is 11.6 Å². The van der Waals surface area contributed by atoms with Crippen molar-refractivity contribution in [3.63, 3.8) is 0 Å². The van der Waals surface area contributed by atoms with E-state index in [4.69, 9.17) is 17.3 Å². The quantitative estimate of drug-likeness (QED) is 0.868. The Morgan fingerprint density at radius 2 is 2.12 bits per heavy atom. The van der Waals surface area contributed by atoms with Gasteiger partial charge >= 0.3 is 0 Å². The summed E-state index contributed by atoms with van der Waals surface area (Å²) in [6.45, 7) is 4.34. The molecule has 2 heterocycles. The van der Waals surface area contributed by atoms with Gasteiger partial charge in [-0.3, -0.25) is 0 Å². The average Bonchev–Trinajstić information content (AvgIpc) is 2.57. The summed E-state index contributed by atoms with van der Waals surface area (Å²) in [6, 6.07) is 3.80. The van der Waals surface area contributed by atoms with Crippen molar-refractivity contribution in [2.24, 2.45) is 5.73 Å². The number of pyridine rings is 1. The van der Waals surface area contributed by atoms with Crippen LogP contribution >= 0.6 is 11.6 Å². The maximum atomic E-state index is 6.15. The van der Waals surface area contributed by atoms with E-state index in [1.54, 1.807) is 10.9 Å². The van der Waals surface area contributed by atoms with Crippen LogP contribution in [0.2, 0.25) is 5.02 Å². The Balaban J connectivity index is 2.52. The number of nitrogens with two attached hydrogens (primary N) is 1. The van der Waals surface area contributed by atoms with E-state index in [0.717, 1.165) is 17.0 Å². The highest BCUT2D eigenvalue weighted by atomic mass is 35.5. The minimum atomic E-state index is 0.435. The number of hydrogen-bond acceptors (Lipinski definition) is 3. The van der Waals surface area contributed by atoms with Crippen molar-refractivity contribution in [2.45, 2.75) is 20.4 Å². The molecule has 0 aromatic carbocycles. The molecule has 2 aromatic heterocycles. The lowest BCUT2D eigenvalue weighted by Gasteiger charge is -2.06. The van der Waals surface area contributed by atoms with Gasteiger partial charge in [0.05, 0.1) is 10.7 Å². The van der Waals surface area contributed by atoms with E-state index >= 15 is 0 Å². The van der Waals surface area contributed by atoms with Crippen molar-refractivity contribution < 1.29 is 0 Å². The number of aromatic nitrogens is 3. The molecule has 84 valence electrons. The van der Waals surface area contributed by atoms with Crippen LogP contribution in [-0.4, -0.2) is 14.8 Å². The summed E-state index contributed by atoms with van der Waals surface area (Å²) in [5, 5.41) is 4.90. The van der Waals surface area contributed by atoms with Gasteiger partial charge in [0.25, 0.3) is 0 Å². The summed E-state index contributed by atoms with van der Waals surface area (Å²) >= 11 is 6.15. The Morgan fingerprint density at radius 3 is 2.62 bits per heavy atom. The molecule has 0 saturated heterocycles. The highest BCUT2D eigenvalue weighted by Crippen LogP contribution is 2.20. The molecule has 0 aliphatic carbocycles. The van der Waals surface area contributed by atoms with Crippen LogP contribution in [0.15, 0.2) is 18.3 Å². The molecule has 0 bridgehead atoms. The Bertz CT molecular complexity index is 519. The van der Waals surface area contributed by atoms with Gasteiger partial charge in [-0.2, -0.15) is 5.10 Å². The first kappa shape index (κ1) is 11.1. The van der Waals surface area contributed by atoms with Crippen LogP contribution in [0.1, 0.15) is 17.0 Å². The smallest absolute Gasteiger partial charge is 0.172 e. The Hall–Kier alpha value is -1.39. The fourth-order valence-corrected chi connectivity index (χ4v) is 1.85. The number of nitrogens with zero attached hydrogens (tertiary/aromatic N) is 3. The molecular formula is C11H13ClN4. The normalized spacial score (nSPS) is 10.8. The number of hydrogen-bond donors (Lipinski definition) is 1. The topological polar surface area (TPSA) is 56.7 Å². The lowest BCUT2D eigenvalue weighted by Crippen LogP contribution is -2.05. The monoisotopic (exact) mass is 236 g/mol. The van der Waals surface area contributed by atoms with Gasteiger partial charge in [-0.05, 0) is 31.5 Å². The summed E-state index contributed by atoms with van der Waals surface area (Å²) in [4.78, 5) is 4.28. The molecule has 0 fully saturated rings. The second kappa shape index (κ2) is 4.23. The standard InChI is InChI=1S/C11H13ClN4/c1-7-3-8(2)16(15-7)11-10(12)4-9(5-13)6-14-11/h3-4,6H,5,13H2,1-2H3. The molecule has 2 aromatic rings. The predicted molar refractivity (Wildman–Crippen MR) is 63.7 cm³/mol. The largest absolute Gasteiger partial charge is 0.326 e. The fourth-order valence-electron chi connectivity index (χ4n) is 1.58. The van der Waals surface area contributed by atoms with Gasteiger partial charge in [-0.25, -0.2) is 9.67 Å². The van der Waals surface area contributed by atoms with E-state index in [1.807, 2.05) is 26.0 Å². The molecule has 2 N–H and O–H groups in total. The van der Waals surface area contributed by atoms with E-state index in [9.17, 15) is 0 Å². The highest BCUT2D eigenvalue weighted by molar-refractivity contribution is 6.32. The van der Waals surface area contributed by atoms with Crippen LogP contribution in [0.5, 0.6) is 0 Å². The SMILES string of the molecule is Cc1cc(C)n(-c2ncc(CN)cc2Cl)n1. The molecule has 0 spiro atoms. The molecule has 4 nitrogen and oxygen atoms in total. The van der Waals surface area contributed by atoms with Gasteiger partial charge < -0.3 is 5.73 Å². The van der Waals surface area contributed by atoms with Gasteiger partial charge in [0.2, 0.25) is 0 Å². The first-order valence-corrected chi connectivity index (χ1v) is 5.37. The van der Waals surface area contributed by atoms with E-state index in [2.05, 4.69) is 10.1 Å². The summed E-state index contributed by atoms with van der Waals surface area (Å²) in [7, 11) is 0. The molecule has 2 rings (SSSR count). The first-order valence-electron chi connectivity index (χ1n) is 5.00. The van der Waals surface area contributed by atoms with E-state index in [-0.39, 0.29) is 0 Å². The average molecular weight is 237 g/mol. The third-order valence-electron chi connectivity index (χ3n) is 2.32. The van der Waals surface area contributed by atoms with Crippen molar-refractivity contribution in [1.29, 1.82) is 0 Å². The number of rotatable bonds is 2. The molecule has 0 aliphatic rings. The van der Waals surface area contributed by atoms with Gasteiger partial charge in [0, 0.05) is 18.4 Å². The van der Waals surface area contributed by atoms with E-state index < -0.39 is 0 Å². The Morgan fingerprint density at radius 1 is 1.38 bits per heavy atom. The predicted octanol–water partition coefficient (Wildman–Crippen LogP) is 2.00. The Kier molecular flexibility index (Phi) is 2.94. The maximum absolute atomic E-state index is 6.15. The van der Waals surface area contributed by atoms with Crippen molar-refractivity contribution in [2.75, 3.05) is 0 Å². The third kappa shape index (κ3) is 1.94. The summed E-state index contributed by atoms with van der Waals surface area (Å²) in [6.07, 6.45) is 1.72. The van der Waals surface area contributed by atoms with Crippen LogP contribution in [0.3, 0.4) is 0 Å². The molecule has 0 saturated carbocycles. The zero-order valence-electron chi connectivity index (χ0n) is 9.24. The summed E-state index contributed by atoms with van der Waals surface area (Å²) in [5.74, 6) is 0.643. The van der Waals surface area contributed by atoms with Crippen molar-refractivity contribution in [1.82, 2.24) is 14.8 Å². The van der Waals surface area contributed by atoms with E-state index in [0.29, 0.717) is 17.4 Å². The summed E-state index contributed by atoms with van der Waals surface area (Å²) in [5.41, 5.74) is 8.38. The summed E-state index contributed by atoms with van der Waals surface area (Å²) < 4.78 is 1.73. The Labute approximate surface area is 99.1 Å². The first-order chi connectivity index (χ1) is 7.61. The highest BCUT2D eigenvalue weighted by Gasteiger charge is 2.09. The number of halogens is 1. The maximum Gasteiger partial charge on any atom is 0.172 e. The molecule has 0 atom stereocenters. The second-order valence-electron chi connectivity index (χ2n) is 3.69. The third-order valence-corrected chi connectivity index (χ3v) is 2.60. The van der Waals surface area contributed by atoms with Crippen molar-refractivity contribution in [3.05, 3.63) is 40.3 Å². The van der Waals surface area contributed by atoms with Gasteiger partial charge in [-0.15, -0.1) is 0 Å².